The molecule has 0 saturated carbocycles. The summed E-state index contributed by atoms with van der Waals surface area (Å²) in [5.41, 5.74) is -4.12. The molecule has 0 aliphatic carbocycles. The van der Waals surface area contributed by atoms with Crippen molar-refractivity contribution in [3.8, 4) is 5.69 Å². The third-order valence-corrected chi connectivity index (χ3v) is 6.03. The molecule has 0 atom stereocenters. The average Bonchev–Trinajstić information content (AvgIpc) is 3.14. The van der Waals surface area contributed by atoms with Gasteiger partial charge in [-0.15, -0.1) is 10.2 Å². The van der Waals surface area contributed by atoms with Gasteiger partial charge in [-0.1, -0.05) is 6.07 Å². The lowest BCUT2D eigenvalue weighted by Gasteiger charge is -2.33. The molecule has 2 aromatic heterocycles. The van der Waals surface area contributed by atoms with E-state index >= 15 is 0 Å². The smallest absolute Gasteiger partial charge is 0.338 e. The highest BCUT2D eigenvalue weighted by molar-refractivity contribution is 6.15. The Balaban J connectivity index is 1.85. The quantitative estimate of drug-likeness (QED) is 0.507. The first-order valence-electron chi connectivity index (χ1n) is 10.7. The summed E-state index contributed by atoms with van der Waals surface area (Å²) in [7, 11) is 1.90. The zero-order valence-corrected chi connectivity index (χ0v) is 18.4. The number of halogens is 6. The third-order valence-electron chi connectivity index (χ3n) is 6.03. The first-order valence-corrected chi connectivity index (χ1v) is 10.7. The van der Waals surface area contributed by atoms with Crippen LogP contribution in [-0.4, -0.2) is 63.6 Å². The highest BCUT2D eigenvalue weighted by Gasteiger charge is 2.44. The van der Waals surface area contributed by atoms with E-state index in [1.165, 1.54) is 18.3 Å². The second-order valence-electron chi connectivity index (χ2n) is 8.30. The summed E-state index contributed by atoms with van der Waals surface area (Å²) >= 11 is 0. The van der Waals surface area contributed by atoms with E-state index in [4.69, 9.17) is 0 Å². The number of fused-ring (bicyclic) bond motifs is 3. The summed E-state index contributed by atoms with van der Waals surface area (Å²) in [6.45, 7) is 1.81. The second-order valence-corrected chi connectivity index (χ2v) is 8.30. The molecular formula is C22H19F6N7. The Bertz CT molecular complexity index is 1270. The summed E-state index contributed by atoms with van der Waals surface area (Å²) in [6.07, 6.45) is -8.55. The normalized spacial score (nSPS) is 17.0. The monoisotopic (exact) mass is 495 g/mol. The van der Waals surface area contributed by atoms with Crippen LogP contribution in [0.25, 0.3) is 5.69 Å². The lowest BCUT2D eigenvalue weighted by molar-refractivity contribution is -0.141. The standard InChI is InChI=1S/C22H19F6N7/c1-33-8-10-34(11-9-33)20-32-31-16-12-30-18(15-4-2-3-7-29-15)17-13(21(23,24)25)5-6-14(22(26,27)28)19(17)35(16)20/h2-7H,8-12H2,1H3. The van der Waals surface area contributed by atoms with Crippen molar-refractivity contribution in [3.63, 3.8) is 0 Å². The molecule has 2 aliphatic heterocycles. The van der Waals surface area contributed by atoms with Gasteiger partial charge in [-0.3, -0.25) is 14.5 Å². The Morgan fingerprint density at radius 3 is 2.14 bits per heavy atom. The number of aliphatic imine (C=N–C) groups is 1. The van der Waals surface area contributed by atoms with Crippen molar-refractivity contribution >= 4 is 11.7 Å². The maximum atomic E-state index is 14.3. The van der Waals surface area contributed by atoms with Gasteiger partial charge in [-0.25, -0.2) is 0 Å². The Hall–Kier alpha value is -3.48. The number of hydrogen-bond donors (Lipinski definition) is 0. The van der Waals surface area contributed by atoms with Gasteiger partial charge in [0.1, 0.15) is 6.54 Å². The van der Waals surface area contributed by atoms with Gasteiger partial charge in [0.2, 0.25) is 5.95 Å². The predicted octanol–water partition coefficient (Wildman–Crippen LogP) is 3.80. The molecule has 3 aromatic rings. The topological polar surface area (TPSA) is 62.4 Å². The van der Waals surface area contributed by atoms with Crippen molar-refractivity contribution in [2.24, 2.45) is 4.99 Å². The number of likely N-dealkylation sites (N-methyl/N-ethyl adjacent to an activating group) is 1. The van der Waals surface area contributed by atoms with Crippen LogP contribution in [0.5, 0.6) is 0 Å². The first-order chi connectivity index (χ1) is 16.6. The van der Waals surface area contributed by atoms with Crippen molar-refractivity contribution in [2.75, 3.05) is 38.1 Å². The molecule has 0 unspecified atom stereocenters. The van der Waals surface area contributed by atoms with Crippen LogP contribution in [0, 0.1) is 0 Å². The number of anilines is 1. The number of nitrogens with zero attached hydrogens (tertiary/aromatic N) is 7. The average molecular weight is 495 g/mol. The largest absolute Gasteiger partial charge is 0.418 e. The number of pyridine rings is 1. The fourth-order valence-electron chi connectivity index (χ4n) is 4.32. The van der Waals surface area contributed by atoms with Crippen LogP contribution in [0.1, 0.15) is 28.2 Å². The molecule has 1 saturated heterocycles. The lowest BCUT2D eigenvalue weighted by Crippen LogP contribution is -2.45. The van der Waals surface area contributed by atoms with Crippen LogP contribution in [-0.2, 0) is 18.9 Å². The Morgan fingerprint density at radius 1 is 0.829 bits per heavy atom. The number of rotatable bonds is 2. The lowest BCUT2D eigenvalue weighted by atomic mass is 9.94. The van der Waals surface area contributed by atoms with Gasteiger partial charge >= 0.3 is 12.4 Å². The molecule has 2 aliphatic rings. The summed E-state index contributed by atoms with van der Waals surface area (Å²) in [5, 5.41) is 8.12. The number of alkyl halides is 6. The van der Waals surface area contributed by atoms with Gasteiger partial charge in [-0.2, -0.15) is 26.3 Å². The van der Waals surface area contributed by atoms with Gasteiger partial charge in [0.15, 0.2) is 5.82 Å². The van der Waals surface area contributed by atoms with Gasteiger partial charge in [-0.05, 0) is 31.3 Å². The Morgan fingerprint density at radius 2 is 1.51 bits per heavy atom. The minimum absolute atomic E-state index is 0.0101. The van der Waals surface area contributed by atoms with Crippen LogP contribution in [0.15, 0.2) is 41.5 Å². The second kappa shape index (κ2) is 8.33. The Labute approximate surface area is 195 Å². The summed E-state index contributed by atoms with van der Waals surface area (Å²) in [4.78, 5) is 12.1. The van der Waals surface area contributed by atoms with Gasteiger partial charge in [0.05, 0.1) is 28.2 Å². The molecular weight excluding hydrogens is 476 g/mol. The van der Waals surface area contributed by atoms with Gasteiger partial charge in [0, 0.05) is 37.9 Å². The first kappa shape index (κ1) is 23.3. The van der Waals surface area contributed by atoms with Crippen molar-refractivity contribution in [3.05, 3.63) is 64.7 Å². The minimum Gasteiger partial charge on any atom is -0.338 e. The van der Waals surface area contributed by atoms with Crippen LogP contribution in [0.4, 0.5) is 32.3 Å². The maximum absolute atomic E-state index is 14.3. The molecule has 1 fully saturated rings. The van der Waals surface area contributed by atoms with Crippen LogP contribution < -0.4 is 4.90 Å². The van der Waals surface area contributed by atoms with E-state index in [1.54, 1.807) is 11.0 Å². The third kappa shape index (κ3) is 4.13. The Kier molecular flexibility index (Phi) is 5.54. The van der Waals surface area contributed by atoms with E-state index in [9.17, 15) is 26.3 Å². The molecule has 0 N–H and O–H groups in total. The number of aromatic nitrogens is 4. The van der Waals surface area contributed by atoms with Crippen LogP contribution in [0.2, 0.25) is 0 Å². The van der Waals surface area contributed by atoms with Crippen molar-refractivity contribution < 1.29 is 26.3 Å². The molecule has 5 rings (SSSR count). The summed E-state index contributed by atoms with van der Waals surface area (Å²) < 4.78 is 86.6. The maximum Gasteiger partial charge on any atom is 0.418 e. The highest BCUT2D eigenvalue weighted by Crippen LogP contribution is 2.44. The van der Waals surface area contributed by atoms with E-state index < -0.39 is 34.7 Å². The fourth-order valence-corrected chi connectivity index (χ4v) is 4.32. The summed E-state index contributed by atoms with van der Waals surface area (Å²) in [5.74, 6) is 0.0626. The highest BCUT2D eigenvalue weighted by atomic mass is 19.4. The summed E-state index contributed by atoms with van der Waals surface area (Å²) in [6, 6.07) is 5.41. The molecule has 7 nitrogen and oxygen atoms in total. The molecule has 4 heterocycles. The molecule has 0 spiro atoms. The molecule has 1 aromatic carbocycles. The molecule has 184 valence electrons. The molecule has 0 radical (unpaired) electrons. The van der Waals surface area contributed by atoms with Crippen LogP contribution >= 0.6 is 0 Å². The molecule has 0 bridgehead atoms. The van der Waals surface area contributed by atoms with Crippen LogP contribution in [0.3, 0.4) is 0 Å². The zero-order valence-electron chi connectivity index (χ0n) is 18.4. The predicted molar refractivity (Wildman–Crippen MR) is 115 cm³/mol. The van der Waals surface area contributed by atoms with Crippen molar-refractivity contribution in [1.29, 1.82) is 0 Å². The van der Waals surface area contributed by atoms with Gasteiger partial charge in [0.25, 0.3) is 0 Å². The zero-order chi connectivity index (χ0) is 25.0. The van der Waals surface area contributed by atoms with Crippen molar-refractivity contribution in [1.82, 2.24) is 24.6 Å². The van der Waals surface area contributed by atoms with E-state index in [-0.39, 0.29) is 29.7 Å². The minimum atomic E-state index is -4.95. The molecule has 35 heavy (non-hydrogen) atoms. The van der Waals surface area contributed by atoms with Gasteiger partial charge < -0.3 is 9.80 Å². The van der Waals surface area contributed by atoms with E-state index in [0.717, 1.165) is 4.57 Å². The van der Waals surface area contributed by atoms with Crippen molar-refractivity contribution in [2.45, 2.75) is 18.9 Å². The van der Waals surface area contributed by atoms with E-state index in [1.807, 2.05) is 11.9 Å². The SMILES string of the molecule is CN1CCN(c2nnc3n2-c2c(C(F)(F)F)ccc(C(F)(F)F)c2C(c2ccccn2)=NC3)CC1. The molecule has 13 heteroatoms. The van der Waals surface area contributed by atoms with E-state index in [2.05, 4.69) is 20.2 Å². The number of hydrogen-bond acceptors (Lipinski definition) is 6. The molecule has 0 amide bonds. The van der Waals surface area contributed by atoms with E-state index in [0.29, 0.717) is 38.3 Å². The number of piperazine rings is 1. The fraction of sp³-hybridized carbons (Fsp3) is 0.364. The number of benzene rings is 1.